The Labute approximate surface area is 133 Å². The molecule has 22 heavy (non-hydrogen) atoms. The Hall–Kier alpha value is -1.78. The van der Waals surface area contributed by atoms with Crippen LogP contribution in [-0.2, 0) is 0 Å². The summed E-state index contributed by atoms with van der Waals surface area (Å²) in [4.78, 5) is 10.6. The molecule has 0 spiro atoms. The minimum Gasteiger partial charge on any atom is -0.399 e. The first-order valence-electron chi connectivity index (χ1n) is 8.21. The van der Waals surface area contributed by atoms with Gasteiger partial charge < -0.3 is 11.1 Å². The number of nitrogens with one attached hydrogen (secondary N) is 1. The number of benzene rings is 1. The van der Waals surface area contributed by atoms with E-state index < -0.39 is 4.92 Å². The Kier molecular flexibility index (Phi) is 7.71. The van der Waals surface area contributed by atoms with Crippen LogP contribution in [0.25, 0.3) is 0 Å². The van der Waals surface area contributed by atoms with Gasteiger partial charge >= 0.3 is 0 Å². The number of nitro benzene ring substituents is 1. The maximum Gasteiger partial charge on any atom is 0.294 e. The van der Waals surface area contributed by atoms with Gasteiger partial charge in [-0.2, -0.15) is 0 Å². The van der Waals surface area contributed by atoms with E-state index in [1.54, 1.807) is 12.1 Å². The molecule has 0 saturated heterocycles. The van der Waals surface area contributed by atoms with Gasteiger partial charge in [-0.15, -0.1) is 0 Å². The van der Waals surface area contributed by atoms with Crippen LogP contribution >= 0.6 is 0 Å². The molecule has 0 amide bonds. The first-order valence-corrected chi connectivity index (χ1v) is 8.21. The van der Waals surface area contributed by atoms with Crippen molar-refractivity contribution in [1.29, 1.82) is 0 Å². The number of hydrogen-bond donors (Lipinski definition) is 2. The maximum absolute atomic E-state index is 11.0. The van der Waals surface area contributed by atoms with E-state index in [9.17, 15) is 10.1 Å². The minimum atomic E-state index is -0.394. The zero-order valence-electron chi connectivity index (χ0n) is 14.0. The summed E-state index contributed by atoms with van der Waals surface area (Å²) in [6.07, 6.45) is 6.03. The van der Waals surface area contributed by atoms with Crippen LogP contribution in [0.15, 0.2) is 18.2 Å². The lowest BCUT2D eigenvalue weighted by molar-refractivity contribution is -0.383. The molecule has 0 fully saturated rings. The van der Waals surface area contributed by atoms with Gasteiger partial charge in [0.25, 0.3) is 5.69 Å². The summed E-state index contributed by atoms with van der Waals surface area (Å²) in [5.41, 5.74) is 6.61. The van der Waals surface area contributed by atoms with E-state index in [2.05, 4.69) is 26.1 Å². The number of rotatable bonds is 10. The van der Waals surface area contributed by atoms with Gasteiger partial charge in [0.05, 0.1) is 4.92 Å². The van der Waals surface area contributed by atoms with Crippen LogP contribution in [0.5, 0.6) is 0 Å². The largest absolute Gasteiger partial charge is 0.399 e. The molecule has 0 saturated carbocycles. The van der Waals surface area contributed by atoms with E-state index >= 15 is 0 Å². The van der Waals surface area contributed by atoms with E-state index in [4.69, 9.17) is 5.73 Å². The van der Waals surface area contributed by atoms with Crippen LogP contribution in [0.1, 0.15) is 52.9 Å². The highest BCUT2D eigenvalue weighted by molar-refractivity contribution is 5.66. The molecule has 0 radical (unpaired) electrons. The molecule has 1 aromatic carbocycles. The van der Waals surface area contributed by atoms with Gasteiger partial charge in [0.1, 0.15) is 5.69 Å². The standard InChI is InChI=1S/C17H29N3O2/c1-4-5-13(2)6-7-14(3)10-11-19-16-9-8-15(18)12-17(16)20(21)22/h8-9,12-14,19H,4-7,10-11,18H2,1-3H3/t13-,14+/m1/s1. The van der Waals surface area contributed by atoms with Gasteiger partial charge in [-0.3, -0.25) is 10.1 Å². The summed E-state index contributed by atoms with van der Waals surface area (Å²) in [5.74, 6) is 1.42. The van der Waals surface area contributed by atoms with E-state index in [0.717, 1.165) is 18.9 Å². The molecule has 2 atom stereocenters. The molecule has 0 bridgehead atoms. The summed E-state index contributed by atoms with van der Waals surface area (Å²) in [6.45, 7) is 7.53. The van der Waals surface area contributed by atoms with Crippen molar-refractivity contribution in [2.45, 2.75) is 52.9 Å². The topological polar surface area (TPSA) is 81.2 Å². The third-order valence-electron chi connectivity index (χ3n) is 4.10. The van der Waals surface area contributed by atoms with Gasteiger partial charge in [-0.25, -0.2) is 0 Å². The zero-order chi connectivity index (χ0) is 16.5. The molecule has 0 aliphatic rings. The second-order valence-corrected chi connectivity index (χ2v) is 6.33. The van der Waals surface area contributed by atoms with Crippen molar-refractivity contribution in [3.63, 3.8) is 0 Å². The quantitative estimate of drug-likeness (QED) is 0.368. The molecule has 5 heteroatoms. The Morgan fingerprint density at radius 3 is 2.41 bits per heavy atom. The lowest BCUT2D eigenvalue weighted by Crippen LogP contribution is -2.09. The summed E-state index contributed by atoms with van der Waals surface area (Å²) < 4.78 is 0. The highest BCUT2D eigenvalue weighted by atomic mass is 16.6. The smallest absolute Gasteiger partial charge is 0.294 e. The molecule has 0 aliphatic heterocycles. The number of nitrogens with zero attached hydrogens (tertiary/aromatic N) is 1. The monoisotopic (exact) mass is 307 g/mol. The second kappa shape index (κ2) is 9.28. The third kappa shape index (κ3) is 6.33. The Balaban J connectivity index is 2.39. The number of nitrogens with two attached hydrogens (primary N) is 1. The fourth-order valence-corrected chi connectivity index (χ4v) is 2.65. The lowest BCUT2D eigenvalue weighted by Gasteiger charge is -2.15. The van der Waals surface area contributed by atoms with Gasteiger partial charge in [0.15, 0.2) is 0 Å². The van der Waals surface area contributed by atoms with Crippen molar-refractivity contribution in [2.24, 2.45) is 11.8 Å². The molecule has 0 unspecified atom stereocenters. The first kappa shape index (κ1) is 18.3. The minimum absolute atomic E-state index is 0.0456. The molecule has 124 valence electrons. The summed E-state index contributed by atoms with van der Waals surface area (Å²) in [5, 5.41) is 14.2. The normalized spacial score (nSPS) is 13.6. The number of nitro groups is 1. The zero-order valence-corrected chi connectivity index (χ0v) is 14.0. The average molecular weight is 307 g/mol. The Bertz CT molecular complexity index is 477. The fourth-order valence-electron chi connectivity index (χ4n) is 2.65. The highest BCUT2D eigenvalue weighted by Crippen LogP contribution is 2.27. The van der Waals surface area contributed by atoms with Crippen LogP contribution in [-0.4, -0.2) is 11.5 Å². The second-order valence-electron chi connectivity index (χ2n) is 6.33. The van der Waals surface area contributed by atoms with Gasteiger partial charge in [-0.1, -0.05) is 46.5 Å². The van der Waals surface area contributed by atoms with Gasteiger partial charge in [-0.05, 0) is 30.4 Å². The average Bonchev–Trinajstić information content (AvgIpc) is 2.46. The highest BCUT2D eigenvalue weighted by Gasteiger charge is 2.14. The molecule has 3 N–H and O–H groups in total. The van der Waals surface area contributed by atoms with E-state index in [0.29, 0.717) is 17.3 Å². The van der Waals surface area contributed by atoms with Crippen molar-refractivity contribution in [3.05, 3.63) is 28.3 Å². The van der Waals surface area contributed by atoms with E-state index in [-0.39, 0.29) is 5.69 Å². The van der Waals surface area contributed by atoms with Crippen molar-refractivity contribution in [3.8, 4) is 0 Å². The lowest BCUT2D eigenvalue weighted by atomic mass is 9.93. The number of hydrogen-bond acceptors (Lipinski definition) is 4. The van der Waals surface area contributed by atoms with Crippen molar-refractivity contribution in [1.82, 2.24) is 0 Å². The predicted octanol–water partition coefficient (Wildman–Crippen LogP) is 4.83. The Morgan fingerprint density at radius 2 is 1.82 bits per heavy atom. The van der Waals surface area contributed by atoms with Crippen molar-refractivity contribution >= 4 is 17.1 Å². The molecule has 1 aromatic rings. The SMILES string of the molecule is CCC[C@@H](C)CC[C@H](C)CCNc1ccc(N)cc1[N+](=O)[O-]. The van der Waals surface area contributed by atoms with Gasteiger partial charge in [0, 0.05) is 18.3 Å². The summed E-state index contributed by atoms with van der Waals surface area (Å²) in [7, 11) is 0. The van der Waals surface area contributed by atoms with Crippen LogP contribution in [0.4, 0.5) is 17.1 Å². The van der Waals surface area contributed by atoms with E-state index in [1.165, 1.54) is 31.7 Å². The molecule has 5 nitrogen and oxygen atoms in total. The fraction of sp³-hybridized carbons (Fsp3) is 0.647. The number of anilines is 2. The maximum atomic E-state index is 11.0. The first-order chi connectivity index (χ1) is 10.4. The van der Waals surface area contributed by atoms with Crippen LogP contribution in [0.3, 0.4) is 0 Å². The molecule has 1 rings (SSSR count). The van der Waals surface area contributed by atoms with Crippen molar-refractivity contribution < 1.29 is 4.92 Å². The number of nitrogen functional groups attached to an aromatic ring is 1. The predicted molar refractivity (Wildman–Crippen MR) is 93.1 cm³/mol. The van der Waals surface area contributed by atoms with Gasteiger partial charge in [0.2, 0.25) is 0 Å². The molecule has 0 aliphatic carbocycles. The summed E-state index contributed by atoms with van der Waals surface area (Å²) >= 11 is 0. The van der Waals surface area contributed by atoms with Crippen molar-refractivity contribution in [2.75, 3.05) is 17.6 Å². The molecule has 0 aromatic heterocycles. The molecular weight excluding hydrogens is 278 g/mol. The third-order valence-corrected chi connectivity index (χ3v) is 4.10. The molecule has 0 heterocycles. The molecular formula is C17H29N3O2. The van der Waals surface area contributed by atoms with Crippen LogP contribution < -0.4 is 11.1 Å². The summed E-state index contributed by atoms with van der Waals surface area (Å²) in [6, 6.07) is 4.77. The van der Waals surface area contributed by atoms with Crippen LogP contribution in [0.2, 0.25) is 0 Å². The Morgan fingerprint density at radius 1 is 1.18 bits per heavy atom. The van der Waals surface area contributed by atoms with Crippen LogP contribution in [0, 0.1) is 22.0 Å². The van der Waals surface area contributed by atoms with E-state index in [1.807, 2.05) is 0 Å².